The van der Waals surface area contributed by atoms with Crippen LogP contribution in [0, 0.1) is 0 Å². The van der Waals surface area contributed by atoms with E-state index in [0.29, 0.717) is 11.7 Å². The van der Waals surface area contributed by atoms with E-state index in [4.69, 9.17) is 18.6 Å². The number of esters is 1. The molecule has 1 aromatic heterocycles. The minimum absolute atomic E-state index is 0.0600. The van der Waals surface area contributed by atoms with E-state index in [1.165, 1.54) is 7.11 Å². The quantitative estimate of drug-likeness (QED) is 0.177. The molecule has 0 saturated carbocycles. The molecule has 0 radical (unpaired) electrons. The van der Waals surface area contributed by atoms with E-state index in [9.17, 15) is 4.79 Å². The van der Waals surface area contributed by atoms with E-state index in [-0.39, 0.29) is 17.4 Å². The van der Waals surface area contributed by atoms with Gasteiger partial charge in [0.05, 0.1) is 13.0 Å². The lowest BCUT2D eigenvalue weighted by molar-refractivity contribution is -0.142. The van der Waals surface area contributed by atoms with Crippen molar-refractivity contribution in [1.29, 1.82) is 0 Å². The van der Waals surface area contributed by atoms with Gasteiger partial charge in [-0.25, -0.2) is 4.98 Å². The van der Waals surface area contributed by atoms with Crippen LogP contribution in [0.15, 0.2) is 89.3 Å². The molecule has 0 bridgehead atoms. The monoisotopic (exact) mass is 513 g/mol. The lowest BCUT2D eigenvalue weighted by Crippen LogP contribution is -2.43. The second kappa shape index (κ2) is 10.8. The van der Waals surface area contributed by atoms with Crippen LogP contribution in [0.3, 0.4) is 0 Å². The number of aromatic nitrogens is 1. The van der Waals surface area contributed by atoms with Gasteiger partial charge in [0, 0.05) is 17.5 Å². The molecule has 0 fully saturated rings. The minimum Gasteiger partial charge on any atom is -0.543 e. The van der Waals surface area contributed by atoms with Gasteiger partial charge in [0.25, 0.3) is 0 Å². The molecular formula is C31H35NO4Si. The van der Waals surface area contributed by atoms with Crippen LogP contribution in [0.5, 0.6) is 5.75 Å². The molecule has 0 saturated heterocycles. The summed E-state index contributed by atoms with van der Waals surface area (Å²) in [7, 11) is -0.631. The summed E-state index contributed by atoms with van der Waals surface area (Å²) in [6, 6.07) is 27.6. The third kappa shape index (κ3) is 6.02. The van der Waals surface area contributed by atoms with E-state index >= 15 is 0 Å². The van der Waals surface area contributed by atoms with Crippen molar-refractivity contribution in [1.82, 2.24) is 4.98 Å². The normalized spacial score (nSPS) is 12.7. The summed E-state index contributed by atoms with van der Waals surface area (Å²) >= 11 is 0. The van der Waals surface area contributed by atoms with Gasteiger partial charge in [0.15, 0.2) is 11.7 Å². The summed E-state index contributed by atoms with van der Waals surface area (Å²) in [5.74, 6) is 0.994. The number of methoxy groups -OCH3 is 1. The highest BCUT2D eigenvalue weighted by Gasteiger charge is 2.39. The summed E-state index contributed by atoms with van der Waals surface area (Å²) < 4.78 is 18.0. The van der Waals surface area contributed by atoms with Crippen LogP contribution in [-0.2, 0) is 16.0 Å². The number of carbonyl (C=O) groups excluding carboxylic acids is 1. The van der Waals surface area contributed by atoms with Gasteiger partial charge in [-0.3, -0.25) is 4.79 Å². The lowest BCUT2D eigenvalue weighted by atomic mass is 9.95. The molecule has 0 N–H and O–H groups in total. The molecule has 0 spiro atoms. The summed E-state index contributed by atoms with van der Waals surface area (Å²) in [6.45, 7) is 11.0. The maximum Gasteiger partial charge on any atom is 0.313 e. The average molecular weight is 514 g/mol. The van der Waals surface area contributed by atoms with Crippen LogP contribution in [-0.4, -0.2) is 26.4 Å². The molecule has 1 unspecified atom stereocenters. The summed E-state index contributed by atoms with van der Waals surface area (Å²) in [5, 5.41) is 0.0600. The van der Waals surface area contributed by atoms with Gasteiger partial charge in [0.1, 0.15) is 11.4 Å². The fourth-order valence-corrected chi connectivity index (χ4v) is 4.95. The van der Waals surface area contributed by atoms with Crippen molar-refractivity contribution in [3.63, 3.8) is 0 Å². The number of nitrogens with zero attached hydrogens (tertiary/aromatic N) is 1. The molecule has 0 aliphatic carbocycles. The van der Waals surface area contributed by atoms with Crippen molar-refractivity contribution >= 4 is 14.3 Å². The molecule has 0 amide bonds. The molecule has 192 valence electrons. The Labute approximate surface area is 220 Å². The number of rotatable bonds is 8. The zero-order valence-corrected chi connectivity index (χ0v) is 23.4. The summed E-state index contributed by atoms with van der Waals surface area (Å²) in [4.78, 5) is 17.8. The number of hydrogen-bond donors (Lipinski definition) is 0. The second-order valence-electron chi connectivity index (χ2n) is 10.7. The Morgan fingerprint density at radius 1 is 0.919 bits per heavy atom. The van der Waals surface area contributed by atoms with Gasteiger partial charge in [-0.2, -0.15) is 0 Å². The van der Waals surface area contributed by atoms with Gasteiger partial charge in [-0.15, -0.1) is 0 Å². The Balaban J connectivity index is 1.71. The molecular weight excluding hydrogens is 478 g/mol. The van der Waals surface area contributed by atoms with Crippen molar-refractivity contribution in [2.75, 3.05) is 7.11 Å². The Bertz CT molecular complexity index is 1280. The summed E-state index contributed by atoms with van der Waals surface area (Å²) in [6.07, 6.45) is 0.267. The first-order valence-electron chi connectivity index (χ1n) is 12.6. The van der Waals surface area contributed by atoms with Gasteiger partial charge >= 0.3 is 5.97 Å². The third-order valence-corrected chi connectivity index (χ3v) is 11.4. The molecule has 1 atom stereocenters. The van der Waals surface area contributed by atoms with Gasteiger partial charge < -0.3 is 13.6 Å². The van der Waals surface area contributed by atoms with E-state index in [0.717, 1.165) is 28.1 Å². The SMILES string of the molecule is COC(=O)C(Cc1nc(-c2ccccc2)c(-c2ccccc2)o1)c1cccc(O[Si](C)(C)C(C)(C)C)c1. The molecule has 1 heterocycles. The van der Waals surface area contributed by atoms with Crippen LogP contribution >= 0.6 is 0 Å². The van der Waals surface area contributed by atoms with Gasteiger partial charge in [-0.1, -0.05) is 93.6 Å². The Kier molecular flexibility index (Phi) is 7.69. The first-order valence-corrected chi connectivity index (χ1v) is 15.5. The lowest BCUT2D eigenvalue weighted by Gasteiger charge is -2.36. The first-order chi connectivity index (χ1) is 17.6. The molecule has 4 rings (SSSR count). The Morgan fingerprint density at radius 3 is 2.14 bits per heavy atom. The highest BCUT2D eigenvalue weighted by Crippen LogP contribution is 2.38. The molecule has 3 aromatic carbocycles. The van der Waals surface area contributed by atoms with Crippen LogP contribution in [0.2, 0.25) is 18.1 Å². The van der Waals surface area contributed by atoms with E-state index < -0.39 is 14.2 Å². The summed E-state index contributed by atoms with van der Waals surface area (Å²) in [5.41, 5.74) is 3.44. The standard InChI is InChI=1S/C31H35NO4Si/c1-31(2,3)37(5,6)36-25-19-13-18-24(20-25)26(30(33)34-4)21-27-32-28(22-14-9-7-10-15-22)29(35-27)23-16-11-8-12-17-23/h7-20,26H,21H2,1-6H3. The molecule has 0 aliphatic rings. The topological polar surface area (TPSA) is 61.6 Å². The first kappa shape index (κ1) is 26.4. The number of ether oxygens (including phenoxy) is 1. The molecule has 0 aliphatic heterocycles. The number of oxazole rings is 1. The minimum atomic E-state index is -2.04. The fraction of sp³-hybridized carbons (Fsp3) is 0.290. The van der Waals surface area contributed by atoms with Crippen molar-refractivity contribution in [2.45, 2.75) is 51.2 Å². The molecule has 5 nitrogen and oxygen atoms in total. The predicted octanol–water partition coefficient (Wildman–Crippen LogP) is 7.89. The van der Waals surface area contributed by atoms with E-state index in [1.807, 2.05) is 84.9 Å². The van der Waals surface area contributed by atoms with Crippen molar-refractivity contribution in [3.05, 3.63) is 96.4 Å². The second-order valence-corrected chi connectivity index (χ2v) is 15.5. The maximum absolute atomic E-state index is 13.0. The smallest absolute Gasteiger partial charge is 0.313 e. The van der Waals surface area contributed by atoms with Crippen LogP contribution in [0.25, 0.3) is 22.6 Å². The maximum atomic E-state index is 13.0. The molecule has 6 heteroatoms. The van der Waals surface area contributed by atoms with E-state index in [1.54, 1.807) is 0 Å². The number of benzene rings is 3. The zero-order valence-electron chi connectivity index (χ0n) is 22.4. The largest absolute Gasteiger partial charge is 0.543 e. The molecule has 37 heavy (non-hydrogen) atoms. The number of hydrogen-bond acceptors (Lipinski definition) is 5. The van der Waals surface area contributed by atoms with Crippen molar-refractivity contribution in [2.24, 2.45) is 0 Å². The van der Waals surface area contributed by atoms with Gasteiger partial charge in [0.2, 0.25) is 8.32 Å². The van der Waals surface area contributed by atoms with E-state index in [2.05, 4.69) is 33.9 Å². The Morgan fingerprint density at radius 2 is 1.54 bits per heavy atom. The highest BCUT2D eigenvalue weighted by molar-refractivity contribution is 6.74. The Hall–Kier alpha value is -3.64. The van der Waals surface area contributed by atoms with Crippen LogP contribution < -0.4 is 4.43 Å². The van der Waals surface area contributed by atoms with Crippen LogP contribution in [0.4, 0.5) is 0 Å². The zero-order chi connectivity index (χ0) is 26.6. The molecule has 4 aromatic rings. The fourth-order valence-electron chi connectivity index (χ4n) is 3.93. The van der Waals surface area contributed by atoms with Crippen LogP contribution in [0.1, 0.15) is 38.1 Å². The number of carbonyl (C=O) groups is 1. The van der Waals surface area contributed by atoms with Gasteiger partial charge in [-0.05, 0) is 35.8 Å². The third-order valence-electron chi connectivity index (χ3n) is 7.06. The van der Waals surface area contributed by atoms with Crippen molar-refractivity contribution in [3.8, 4) is 28.3 Å². The predicted molar refractivity (Wildman–Crippen MR) is 150 cm³/mol. The average Bonchev–Trinajstić information content (AvgIpc) is 3.31. The highest BCUT2D eigenvalue weighted by atomic mass is 28.4. The van der Waals surface area contributed by atoms with Crippen molar-refractivity contribution < 1.29 is 18.4 Å².